The minimum absolute atomic E-state index is 0.306. The summed E-state index contributed by atoms with van der Waals surface area (Å²) < 4.78 is 29.7. The van der Waals surface area contributed by atoms with Crippen molar-refractivity contribution in [3.05, 3.63) is 23.9 Å². The topological polar surface area (TPSA) is 65.5 Å². The van der Waals surface area contributed by atoms with E-state index in [1.165, 1.54) is 19.3 Å². The molecule has 1 aliphatic heterocycles. The Balaban J connectivity index is 1.98. The van der Waals surface area contributed by atoms with Crippen molar-refractivity contribution in [3.8, 4) is 0 Å². The average Bonchev–Trinajstić information content (AvgIpc) is 2.67. The Bertz CT molecular complexity index is 622. The fourth-order valence-corrected chi connectivity index (χ4v) is 4.42. The van der Waals surface area contributed by atoms with Crippen molar-refractivity contribution in [2.45, 2.75) is 65.3 Å². The van der Waals surface area contributed by atoms with Crippen molar-refractivity contribution in [1.82, 2.24) is 14.0 Å². The number of unbranched alkanes of at least 4 members (excludes halogenated alkanes) is 2. The van der Waals surface area contributed by atoms with Crippen molar-refractivity contribution < 1.29 is 8.42 Å². The van der Waals surface area contributed by atoms with Crippen LogP contribution in [0.4, 0.5) is 5.82 Å². The van der Waals surface area contributed by atoms with Crippen molar-refractivity contribution in [3.63, 3.8) is 0 Å². The number of hydrogen-bond acceptors (Lipinski definition) is 4. The maximum atomic E-state index is 12.7. The molecule has 0 spiro atoms. The molecule has 6 nitrogen and oxygen atoms in total. The van der Waals surface area contributed by atoms with Gasteiger partial charge in [-0.05, 0) is 49.8 Å². The normalized spacial score (nSPS) is 15.6. The Hall–Kier alpha value is -1.18. The van der Waals surface area contributed by atoms with Crippen molar-refractivity contribution >= 4 is 16.0 Å². The number of hydrogen-bond donors (Lipinski definition) is 1. The molecule has 1 fully saturated rings. The number of rotatable bonds is 11. The van der Waals surface area contributed by atoms with Gasteiger partial charge in [-0.25, -0.2) is 4.98 Å². The van der Waals surface area contributed by atoms with Gasteiger partial charge in [0, 0.05) is 38.9 Å². The van der Waals surface area contributed by atoms with Gasteiger partial charge >= 0.3 is 0 Å². The summed E-state index contributed by atoms with van der Waals surface area (Å²) in [5.41, 5.74) is 0.954. The van der Waals surface area contributed by atoms with Gasteiger partial charge < -0.3 is 4.90 Å². The SMILES string of the molecule is CCCCN(CCCC)S(=O)(=O)NCc1ccnc(N2CCCCC2)c1. The molecule has 0 saturated carbocycles. The van der Waals surface area contributed by atoms with Crippen LogP contribution in [0, 0.1) is 0 Å². The molecule has 0 atom stereocenters. The number of aromatic nitrogens is 1. The Labute approximate surface area is 159 Å². The van der Waals surface area contributed by atoms with Gasteiger partial charge in [-0.2, -0.15) is 17.4 Å². The van der Waals surface area contributed by atoms with Gasteiger partial charge in [0.05, 0.1) is 0 Å². The summed E-state index contributed by atoms with van der Waals surface area (Å²) in [5.74, 6) is 0.954. The Morgan fingerprint density at radius 2 is 1.77 bits per heavy atom. The lowest BCUT2D eigenvalue weighted by molar-refractivity contribution is 0.388. The van der Waals surface area contributed by atoms with E-state index in [2.05, 4.69) is 28.5 Å². The molecule has 1 N–H and O–H groups in total. The van der Waals surface area contributed by atoms with Crippen LogP contribution in [0.5, 0.6) is 0 Å². The third-order valence-electron chi connectivity index (χ3n) is 4.81. The van der Waals surface area contributed by atoms with E-state index in [-0.39, 0.29) is 0 Å². The summed E-state index contributed by atoms with van der Waals surface area (Å²) in [6.45, 7) is 7.70. The average molecular weight is 383 g/mol. The summed E-state index contributed by atoms with van der Waals surface area (Å²) in [5, 5.41) is 0. The number of anilines is 1. The zero-order chi connectivity index (χ0) is 18.8. The predicted octanol–water partition coefficient (Wildman–Crippen LogP) is 3.31. The Morgan fingerprint density at radius 1 is 1.12 bits per heavy atom. The predicted molar refractivity (Wildman–Crippen MR) is 107 cm³/mol. The molecule has 148 valence electrons. The van der Waals surface area contributed by atoms with E-state index in [1.807, 2.05) is 12.1 Å². The van der Waals surface area contributed by atoms with Crippen molar-refractivity contribution in [2.24, 2.45) is 0 Å². The summed E-state index contributed by atoms with van der Waals surface area (Å²) in [6.07, 6.45) is 9.20. The highest BCUT2D eigenvalue weighted by molar-refractivity contribution is 7.87. The second-order valence-corrected chi connectivity index (χ2v) is 8.76. The number of piperidine rings is 1. The van der Waals surface area contributed by atoms with Crippen LogP contribution < -0.4 is 9.62 Å². The second-order valence-electron chi connectivity index (χ2n) is 7.00. The summed E-state index contributed by atoms with van der Waals surface area (Å²) in [6, 6.07) is 3.90. The Morgan fingerprint density at radius 3 is 2.38 bits per heavy atom. The molecular weight excluding hydrogens is 348 g/mol. The van der Waals surface area contributed by atoms with E-state index >= 15 is 0 Å². The van der Waals surface area contributed by atoms with Gasteiger partial charge in [-0.1, -0.05) is 26.7 Å². The fraction of sp³-hybridized carbons (Fsp3) is 0.737. The molecule has 0 aromatic carbocycles. The monoisotopic (exact) mass is 382 g/mol. The van der Waals surface area contributed by atoms with Crippen LogP contribution in [0.15, 0.2) is 18.3 Å². The molecule has 1 aliphatic rings. The quantitative estimate of drug-likeness (QED) is 0.638. The van der Waals surface area contributed by atoms with Gasteiger partial charge in [-0.3, -0.25) is 0 Å². The van der Waals surface area contributed by atoms with Gasteiger partial charge in [0.25, 0.3) is 10.2 Å². The van der Waals surface area contributed by atoms with Gasteiger partial charge in [0.2, 0.25) is 0 Å². The van der Waals surface area contributed by atoms with E-state index in [0.717, 1.165) is 50.2 Å². The third kappa shape index (κ3) is 6.52. The lowest BCUT2D eigenvalue weighted by Gasteiger charge is -2.28. The van der Waals surface area contributed by atoms with Crippen LogP contribution in [0.1, 0.15) is 64.4 Å². The first-order valence-corrected chi connectivity index (χ1v) is 11.5. The molecule has 0 aliphatic carbocycles. The van der Waals surface area contributed by atoms with Gasteiger partial charge in [-0.15, -0.1) is 0 Å². The molecule has 0 unspecified atom stereocenters. The maximum Gasteiger partial charge on any atom is 0.279 e. The lowest BCUT2D eigenvalue weighted by atomic mass is 10.1. The zero-order valence-electron chi connectivity index (χ0n) is 16.3. The van der Waals surface area contributed by atoms with E-state index < -0.39 is 10.2 Å². The number of nitrogens with one attached hydrogen (secondary N) is 1. The molecule has 0 bridgehead atoms. The van der Waals surface area contributed by atoms with E-state index in [4.69, 9.17) is 0 Å². The smallest absolute Gasteiger partial charge is 0.279 e. The standard InChI is InChI=1S/C19H34N4O2S/c1-3-5-14-23(15-6-4-2)26(24,25)21-17-18-10-11-20-19(16-18)22-12-8-7-9-13-22/h10-11,16,21H,3-9,12-15,17H2,1-2H3. The second kappa shape index (κ2) is 10.8. The van der Waals surface area contributed by atoms with Crippen LogP contribution in [0.3, 0.4) is 0 Å². The van der Waals surface area contributed by atoms with Crippen LogP contribution >= 0.6 is 0 Å². The fourth-order valence-electron chi connectivity index (χ4n) is 3.15. The molecule has 2 heterocycles. The molecule has 1 saturated heterocycles. The summed E-state index contributed by atoms with van der Waals surface area (Å²) >= 11 is 0. The molecule has 0 amide bonds. The molecule has 1 aromatic rings. The van der Waals surface area contributed by atoms with Crippen LogP contribution in [-0.4, -0.2) is 43.9 Å². The lowest BCUT2D eigenvalue weighted by Crippen LogP contribution is -2.41. The first-order chi connectivity index (χ1) is 12.6. The number of pyridine rings is 1. The zero-order valence-corrected chi connectivity index (χ0v) is 17.1. The largest absolute Gasteiger partial charge is 0.357 e. The minimum Gasteiger partial charge on any atom is -0.357 e. The molecule has 7 heteroatoms. The van der Waals surface area contributed by atoms with E-state index in [9.17, 15) is 8.42 Å². The first kappa shape index (κ1) is 21.1. The van der Waals surface area contributed by atoms with E-state index in [0.29, 0.717) is 19.6 Å². The molecule has 26 heavy (non-hydrogen) atoms. The molecule has 0 radical (unpaired) electrons. The van der Waals surface area contributed by atoms with E-state index in [1.54, 1.807) is 10.5 Å². The van der Waals surface area contributed by atoms with Crippen LogP contribution in [0.25, 0.3) is 0 Å². The third-order valence-corrected chi connectivity index (χ3v) is 6.36. The molecule has 2 rings (SSSR count). The Kier molecular flexibility index (Phi) is 8.81. The van der Waals surface area contributed by atoms with Gasteiger partial charge in [0.15, 0.2) is 0 Å². The van der Waals surface area contributed by atoms with Crippen LogP contribution in [0.2, 0.25) is 0 Å². The highest BCUT2D eigenvalue weighted by Crippen LogP contribution is 2.18. The minimum atomic E-state index is -3.45. The highest BCUT2D eigenvalue weighted by atomic mass is 32.2. The first-order valence-electron chi connectivity index (χ1n) is 10.0. The van der Waals surface area contributed by atoms with Crippen molar-refractivity contribution in [1.29, 1.82) is 0 Å². The number of nitrogens with zero attached hydrogens (tertiary/aromatic N) is 3. The summed E-state index contributed by atoms with van der Waals surface area (Å²) in [4.78, 5) is 6.75. The summed E-state index contributed by atoms with van der Waals surface area (Å²) in [7, 11) is -3.45. The van der Waals surface area contributed by atoms with Crippen LogP contribution in [-0.2, 0) is 16.8 Å². The van der Waals surface area contributed by atoms with Gasteiger partial charge in [0.1, 0.15) is 5.82 Å². The molecule has 1 aromatic heterocycles. The van der Waals surface area contributed by atoms with Crippen molar-refractivity contribution in [2.75, 3.05) is 31.1 Å². The maximum absolute atomic E-state index is 12.7. The highest BCUT2D eigenvalue weighted by Gasteiger charge is 2.20. The molecular formula is C19H34N4O2S.